The number of pyridine rings is 1. The number of amides is 1. The fourth-order valence-electron chi connectivity index (χ4n) is 3.60. The van der Waals surface area contributed by atoms with Crippen molar-refractivity contribution in [2.75, 3.05) is 5.32 Å². The van der Waals surface area contributed by atoms with E-state index in [1.54, 1.807) is 18.2 Å². The van der Waals surface area contributed by atoms with Crippen LogP contribution in [0.25, 0.3) is 10.9 Å². The molecule has 1 aliphatic carbocycles. The first-order chi connectivity index (χ1) is 13.0. The molecule has 4 rings (SSSR count). The third-order valence-electron chi connectivity index (χ3n) is 5.47. The fraction of sp³-hybridized carbons (Fsp3) is 0.304. The van der Waals surface area contributed by atoms with Crippen LogP contribution in [0.5, 0.6) is 0 Å². The summed E-state index contributed by atoms with van der Waals surface area (Å²) in [6.07, 6.45) is 5.49. The van der Waals surface area contributed by atoms with Crippen LogP contribution in [0.15, 0.2) is 60.8 Å². The number of nitrogens with zero attached hydrogens (tertiary/aromatic N) is 1. The van der Waals surface area contributed by atoms with Crippen LogP contribution >= 0.6 is 0 Å². The van der Waals surface area contributed by atoms with Gasteiger partial charge in [0.1, 0.15) is 11.3 Å². The third-order valence-corrected chi connectivity index (χ3v) is 5.47. The van der Waals surface area contributed by atoms with Crippen LogP contribution in [0.3, 0.4) is 0 Å². The Morgan fingerprint density at radius 2 is 1.96 bits per heavy atom. The Kier molecular flexibility index (Phi) is 4.65. The van der Waals surface area contributed by atoms with E-state index in [4.69, 9.17) is 0 Å². The summed E-state index contributed by atoms with van der Waals surface area (Å²) in [5.41, 5.74) is 2.38. The number of rotatable bonds is 6. The quantitative estimate of drug-likeness (QED) is 0.641. The number of fused-ring (bicyclic) bond motifs is 1. The summed E-state index contributed by atoms with van der Waals surface area (Å²) in [6.45, 7) is 2.25. The van der Waals surface area contributed by atoms with Crippen LogP contribution < -0.4 is 5.32 Å². The molecule has 0 saturated heterocycles. The minimum atomic E-state index is -0.353. The van der Waals surface area contributed by atoms with Gasteiger partial charge >= 0.3 is 0 Å². The van der Waals surface area contributed by atoms with E-state index in [9.17, 15) is 9.18 Å². The minimum Gasteiger partial charge on any atom is -0.324 e. The average molecular weight is 362 g/mol. The van der Waals surface area contributed by atoms with Crippen molar-refractivity contribution in [3.05, 3.63) is 72.2 Å². The highest BCUT2D eigenvalue weighted by molar-refractivity contribution is 5.94. The summed E-state index contributed by atoms with van der Waals surface area (Å²) in [5, 5.41) is 3.68. The van der Waals surface area contributed by atoms with Gasteiger partial charge in [0.25, 0.3) is 0 Å². The van der Waals surface area contributed by atoms with E-state index in [0.717, 1.165) is 12.8 Å². The number of carbonyl (C=O) groups excluding carboxylic acids is 1. The normalized spacial score (nSPS) is 16.1. The fourth-order valence-corrected chi connectivity index (χ4v) is 3.60. The molecule has 3 nitrogen and oxygen atoms in total. The zero-order chi connectivity index (χ0) is 18.9. The Balaban J connectivity index is 1.54. The van der Waals surface area contributed by atoms with Crippen LogP contribution in [-0.2, 0) is 11.2 Å². The van der Waals surface area contributed by atoms with Crippen molar-refractivity contribution in [1.82, 2.24) is 4.98 Å². The molecule has 1 N–H and O–H groups in total. The zero-order valence-electron chi connectivity index (χ0n) is 15.4. The van der Waals surface area contributed by atoms with Crippen LogP contribution in [0.2, 0.25) is 0 Å². The number of nitrogens with one attached hydrogen (secondary N) is 1. The van der Waals surface area contributed by atoms with Crippen molar-refractivity contribution in [1.29, 1.82) is 0 Å². The van der Waals surface area contributed by atoms with Gasteiger partial charge in [-0.05, 0) is 48.8 Å². The third kappa shape index (κ3) is 4.16. The molecule has 0 spiro atoms. The maximum atomic E-state index is 13.8. The van der Waals surface area contributed by atoms with Gasteiger partial charge in [-0.1, -0.05) is 49.4 Å². The van der Waals surface area contributed by atoms with Crippen LogP contribution in [0.1, 0.15) is 31.7 Å². The van der Waals surface area contributed by atoms with E-state index >= 15 is 0 Å². The zero-order valence-corrected chi connectivity index (χ0v) is 15.4. The van der Waals surface area contributed by atoms with Gasteiger partial charge in [0.05, 0.1) is 11.9 Å². The number of para-hydroxylation sites is 1. The van der Waals surface area contributed by atoms with E-state index in [0.29, 0.717) is 16.6 Å². The standard InChI is InChI=1S/C23H23FN2O/c1-23(10-11-23)14-18(12-16-6-3-2-4-7-16)22(27)26-19-13-17-8-5-9-20(24)21(17)25-15-19/h2-9,13,15,18H,10-12,14H2,1H3,(H,26,27). The number of carbonyl (C=O) groups is 1. The van der Waals surface area contributed by atoms with Gasteiger partial charge in [-0.15, -0.1) is 0 Å². The Morgan fingerprint density at radius 1 is 1.19 bits per heavy atom. The second kappa shape index (κ2) is 7.10. The first kappa shape index (κ1) is 17.7. The Labute approximate surface area is 158 Å². The first-order valence-corrected chi connectivity index (χ1v) is 9.42. The molecular weight excluding hydrogens is 339 g/mol. The number of hydrogen-bond donors (Lipinski definition) is 1. The molecule has 138 valence electrons. The van der Waals surface area contributed by atoms with E-state index in [2.05, 4.69) is 29.4 Å². The summed E-state index contributed by atoms with van der Waals surface area (Å²) in [4.78, 5) is 17.2. The average Bonchev–Trinajstić information content (AvgIpc) is 3.39. The van der Waals surface area contributed by atoms with Gasteiger partial charge in [0, 0.05) is 11.3 Å². The maximum Gasteiger partial charge on any atom is 0.227 e. The lowest BCUT2D eigenvalue weighted by Crippen LogP contribution is -2.27. The molecule has 4 heteroatoms. The number of anilines is 1. The first-order valence-electron chi connectivity index (χ1n) is 9.42. The molecule has 2 aromatic carbocycles. The van der Waals surface area contributed by atoms with Crippen LogP contribution in [-0.4, -0.2) is 10.9 Å². The minimum absolute atomic E-state index is 0.00420. The molecular formula is C23H23FN2O. The second-order valence-corrected chi connectivity index (χ2v) is 7.93. The highest BCUT2D eigenvalue weighted by Crippen LogP contribution is 2.50. The van der Waals surface area contributed by atoms with E-state index in [1.165, 1.54) is 30.7 Å². The number of halogens is 1. The van der Waals surface area contributed by atoms with Gasteiger partial charge in [-0.2, -0.15) is 0 Å². The Morgan fingerprint density at radius 3 is 2.70 bits per heavy atom. The Bertz CT molecular complexity index is 967. The highest BCUT2D eigenvalue weighted by atomic mass is 19.1. The summed E-state index contributed by atoms with van der Waals surface area (Å²) in [7, 11) is 0. The number of benzene rings is 2. The smallest absolute Gasteiger partial charge is 0.227 e. The lowest BCUT2D eigenvalue weighted by molar-refractivity contribution is -0.120. The predicted octanol–water partition coefficient (Wildman–Crippen LogP) is 5.36. The molecule has 1 aromatic heterocycles. The van der Waals surface area contributed by atoms with Gasteiger partial charge < -0.3 is 5.32 Å². The monoisotopic (exact) mass is 362 g/mol. The molecule has 3 aromatic rings. The Hall–Kier alpha value is -2.75. The summed E-state index contributed by atoms with van der Waals surface area (Å²) in [5.74, 6) is -0.443. The molecule has 1 heterocycles. The van der Waals surface area contributed by atoms with Gasteiger partial charge in [0.15, 0.2) is 0 Å². The summed E-state index contributed by atoms with van der Waals surface area (Å²) in [6, 6.07) is 16.7. The van der Waals surface area contributed by atoms with Crippen molar-refractivity contribution in [2.45, 2.75) is 32.6 Å². The van der Waals surface area contributed by atoms with Crippen LogP contribution in [0, 0.1) is 17.2 Å². The number of hydrogen-bond acceptors (Lipinski definition) is 2. The molecule has 1 atom stereocenters. The number of aromatic nitrogens is 1. The molecule has 27 heavy (non-hydrogen) atoms. The molecule has 0 radical (unpaired) electrons. The van der Waals surface area contributed by atoms with Crippen molar-refractivity contribution in [2.24, 2.45) is 11.3 Å². The van der Waals surface area contributed by atoms with Crippen LogP contribution in [0.4, 0.5) is 10.1 Å². The van der Waals surface area contributed by atoms with E-state index in [1.807, 2.05) is 18.2 Å². The maximum absolute atomic E-state index is 13.8. The molecule has 0 aliphatic heterocycles. The van der Waals surface area contributed by atoms with Crippen molar-refractivity contribution in [3.8, 4) is 0 Å². The summed E-state index contributed by atoms with van der Waals surface area (Å²) >= 11 is 0. The summed E-state index contributed by atoms with van der Waals surface area (Å²) < 4.78 is 13.8. The molecule has 1 saturated carbocycles. The van der Waals surface area contributed by atoms with E-state index in [-0.39, 0.29) is 23.1 Å². The van der Waals surface area contributed by atoms with Crippen molar-refractivity contribution >= 4 is 22.5 Å². The molecule has 1 aliphatic rings. The SMILES string of the molecule is CC1(CC(Cc2ccccc2)C(=O)Nc2cnc3c(F)cccc3c2)CC1. The topological polar surface area (TPSA) is 42.0 Å². The molecule has 1 amide bonds. The lowest BCUT2D eigenvalue weighted by Gasteiger charge is -2.20. The molecule has 1 unspecified atom stereocenters. The van der Waals surface area contributed by atoms with Gasteiger partial charge in [-0.25, -0.2) is 4.39 Å². The van der Waals surface area contributed by atoms with Crippen molar-refractivity contribution in [3.63, 3.8) is 0 Å². The molecule has 0 bridgehead atoms. The van der Waals surface area contributed by atoms with Gasteiger partial charge in [-0.3, -0.25) is 9.78 Å². The van der Waals surface area contributed by atoms with Gasteiger partial charge in [0.2, 0.25) is 5.91 Å². The molecule has 1 fully saturated rings. The second-order valence-electron chi connectivity index (χ2n) is 7.93. The largest absolute Gasteiger partial charge is 0.324 e. The highest BCUT2D eigenvalue weighted by Gasteiger charge is 2.40. The van der Waals surface area contributed by atoms with E-state index < -0.39 is 0 Å². The predicted molar refractivity (Wildman–Crippen MR) is 106 cm³/mol. The lowest BCUT2D eigenvalue weighted by atomic mass is 9.87. The van der Waals surface area contributed by atoms with Crippen molar-refractivity contribution < 1.29 is 9.18 Å².